The summed E-state index contributed by atoms with van der Waals surface area (Å²) in [5, 5.41) is 9.10. The van der Waals surface area contributed by atoms with Crippen LogP contribution in [0.15, 0.2) is 29.3 Å². The van der Waals surface area contributed by atoms with Gasteiger partial charge in [0.05, 0.1) is 6.61 Å². The summed E-state index contributed by atoms with van der Waals surface area (Å²) < 4.78 is 5.61. The summed E-state index contributed by atoms with van der Waals surface area (Å²) in [5.74, 6) is 0.942. The summed E-state index contributed by atoms with van der Waals surface area (Å²) in [7, 11) is 1.83. The first-order valence-electron chi connectivity index (χ1n) is 9.69. The number of rotatable bonds is 4. The van der Waals surface area contributed by atoms with Crippen LogP contribution < -0.4 is 16.0 Å². The minimum atomic E-state index is -0.185. The molecule has 0 saturated carbocycles. The number of urea groups is 1. The van der Waals surface area contributed by atoms with Crippen LogP contribution in [0.25, 0.3) is 0 Å². The van der Waals surface area contributed by atoms with Crippen molar-refractivity contribution in [2.45, 2.75) is 39.3 Å². The van der Waals surface area contributed by atoms with E-state index in [1.165, 1.54) is 6.42 Å². The number of anilines is 1. The zero-order valence-corrected chi connectivity index (χ0v) is 16.5. The highest BCUT2D eigenvalue weighted by molar-refractivity contribution is 5.89. The van der Waals surface area contributed by atoms with Gasteiger partial charge in [-0.1, -0.05) is 12.1 Å². The van der Waals surface area contributed by atoms with Gasteiger partial charge in [0.1, 0.15) is 0 Å². The van der Waals surface area contributed by atoms with Gasteiger partial charge in [0.2, 0.25) is 0 Å². The third-order valence-corrected chi connectivity index (χ3v) is 5.22. The fourth-order valence-corrected chi connectivity index (χ4v) is 3.74. The lowest BCUT2D eigenvalue weighted by molar-refractivity contribution is 0.156. The first-order valence-corrected chi connectivity index (χ1v) is 9.69. The molecule has 2 aliphatic rings. The average molecular weight is 374 g/mol. The molecule has 1 spiro atoms. The van der Waals surface area contributed by atoms with Gasteiger partial charge in [-0.2, -0.15) is 0 Å². The lowest BCUT2D eigenvalue weighted by Gasteiger charge is -2.25. The third-order valence-electron chi connectivity index (χ3n) is 5.22. The van der Waals surface area contributed by atoms with E-state index in [0.29, 0.717) is 12.0 Å². The fraction of sp³-hybridized carbons (Fsp3) is 0.600. The Morgan fingerprint density at radius 3 is 2.70 bits per heavy atom. The maximum atomic E-state index is 11.8. The normalized spacial score (nSPS) is 22.5. The number of likely N-dealkylation sites (tertiary alicyclic amines) is 1. The van der Waals surface area contributed by atoms with Crippen molar-refractivity contribution in [2.24, 2.45) is 10.4 Å². The van der Waals surface area contributed by atoms with E-state index in [1.54, 1.807) is 0 Å². The largest absolute Gasteiger partial charge is 0.381 e. The molecule has 0 bridgehead atoms. The van der Waals surface area contributed by atoms with Crippen LogP contribution in [0, 0.1) is 5.41 Å². The molecule has 1 aromatic carbocycles. The van der Waals surface area contributed by atoms with Crippen molar-refractivity contribution >= 4 is 17.7 Å². The van der Waals surface area contributed by atoms with Gasteiger partial charge < -0.3 is 25.6 Å². The van der Waals surface area contributed by atoms with E-state index >= 15 is 0 Å². The molecule has 27 heavy (non-hydrogen) atoms. The molecule has 1 atom stereocenters. The van der Waals surface area contributed by atoms with Crippen LogP contribution in [-0.2, 0) is 11.3 Å². The van der Waals surface area contributed by atoms with Crippen molar-refractivity contribution < 1.29 is 9.53 Å². The first-order chi connectivity index (χ1) is 13.0. The highest BCUT2D eigenvalue weighted by Gasteiger charge is 2.42. The topological polar surface area (TPSA) is 78.0 Å². The van der Waals surface area contributed by atoms with Crippen LogP contribution in [0.3, 0.4) is 0 Å². The zero-order valence-electron chi connectivity index (χ0n) is 16.5. The monoisotopic (exact) mass is 373 g/mol. The first kappa shape index (κ1) is 19.5. The number of carbonyl (C=O) groups excluding carboxylic acids is 1. The Kier molecular flexibility index (Phi) is 6.21. The molecule has 0 radical (unpaired) electrons. The van der Waals surface area contributed by atoms with Crippen molar-refractivity contribution in [2.75, 3.05) is 38.7 Å². The van der Waals surface area contributed by atoms with E-state index in [0.717, 1.165) is 49.9 Å². The zero-order chi connectivity index (χ0) is 19.3. The molecule has 7 heteroatoms. The van der Waals surface area contributed by atoms with Crippen molar-refractivity contribution in [3.63, 3.8) is 0 Å². The molecule has 7 nitrogen and oxygen atoms in total. The van der Waals surface area contributed by atoms with Gasteiger partial charge in [-0.05, 0) is 44.4 Å². The van der Waals surface area contributed by atoms with Crippen LogP contribution in [0.1, 0.15) is 32.3 Å². The van der Waals surface area contributed by atoms with E-state index in [4.69, 9.17) is 4.74 Å². The smallest absolute Gasteiger partial charge is 0.319 e. The molecule has 2 fully saturated rings. The molecule has 0 aliphatic carbocycles. The van der Waals surface area contributed by atoms with Crippen LogP contribution in [-0.4, -0.2) is 56.3 Å². The minimum Gasteiger partial charge on any atom is -0.381 e. The van der Waals surface area contributed by atoms with Crippen molar-refractivity contribution in [1.82, 2.24) is 15.5 Å². The SMILES string of the molecule is CN=C(NCc1ccc(NC(=O)NC(C)C)cc1)N1CCC2(CCOC2)C1. The summed E-state index contributed by atoms with van der Waals surface area (Å²) in [6.45, 7) is 8.36. The van der Waals surface area contributed by atoms with E-state index in [9.17, 15) is 4.79 Å². The lowest BCUT2D eigenvalue weighted by atomic mass is 9.87. The maximum absolute atomic E-state index is 11.8. The number of benzene rings is 1. The second-order valence-electron chi connectivity index (χ2n) is 7.82. The summed E-state index contributed by atoms with van der Waals surface area (Å²) >= 11 is 0. The number of hydrogen-bond donors (Lipinski definition) is 3. The van der Waals surface area contributed by atoms with Crippen LogP contribution >= 0.6 is 0 Å². The molecule has 1 unspecified atom stereocenters. The minimum absolute atomic E-state index is 0.112. The Morgan fingerprint density at radius 1 is 1.30 bits per heavy atom. The quantitative estimate of drug-likeness (QED) is 0.559. The Balaban J connectivity index is 1.49. The highest BCUT2D eigenvalue weighted by atomic mass is 16.5. The second kappa shape index (κ2) is 8.61. The molecular formula is C20H31N5O2. The molecule has 2 heterocycles. The van der Waals surface area contributed by atoms with Gasteiger partial charge in [-0.25, -0.2) is 4.79 Å². The molecule has 2 aliphatic heterocycles. The Labute approximate surface area is 161 Å². The van der Waals surface area contributed by atoms with Gasteiger partial charge in [-0.15, -0.1) is 0 Å². The fourth-order valence-electron chi connectivity index (χ4n) is 3.74. The predicted octanol–water partition coefficient (Wildman–Crippen LogP) is 2.40. The van der Waals surface area contributed by atoms with E-state index in [1.807, 2.05) is 45.2 Å². The maximum Gasteiger partial charge on any atom is 0.319 e. The molecule has 3 rings (SSSR count). The van der Waals surface area contributed by atoms with E-state index in [-0.39, 0.29) is 12.1 Å². The van der Waals surface area contributed by atoms with Gasteiger partial charge in [0.25, 0.3) is 0 Å². The molecule has 148 valence electrons. The number of amides is 2. The summed E-state index contributed by atoms with van der Waals surface area (Å²) in [5.41, 5.74) is 2.25. The average Bonchev–Trinajstić information content (AvgIpc) is 3.26. The predicted molar refractivity (Wildman–Crippen MR) is 108 cm³/mol. The number of guanidine groups is 1. The van der Waals surface area contributed by atoms with E-state index < -0.39 is 0 Å². The summed E-state index contributed by atoms with van der Waals surface area (Å²) in [4.78, 5) is 18.5. The van der Waals surface area contributed by atoms with Gasteiger partial charge in [0, 0.05) is 50.4 Å². The number of nitrogens with one attached hydrogen (secondary N) is 3. The highest BCUT2D eigenvalue weighted by Crippen LogP contribution is 2.38. The van der Waals surface area contributed by atoms with Crippen molar-refractivity contribution in [3.8, 4) is 0 Å². The summed E-state index contributed by atoms with van der Waals surface area (Å²) in [6.07, 6.45) is 2.33. The molecule has 0 aromatic heterocycles. The van der Waals surface area contributed by atoms with Crippen LogP contribution in [0.4, 0.5) is 10.5 Å². The lowest BCUT2D eigenvalue weighted by Crippen LogP contribution is -2.41. The van der Waals surface area contributed by atoms with Crippen molar-refractivity contribution in [3.05, 3.63) is 29.8 Å². The van der Waals surface area contributed by atoms with Crippen molar-refractivity contribution in [1.29, 1.82) is 0 Å². The van der Waals surface area contributed by atoms with Gasteiger partial charge in [0.15, 0.2) is 5.96 Å². The Hall–Kier alpha value is -2.28. The van der Waals surface area contributed by atoms with E-state index in [2.05, 4.69) is 25.8 Å². The number of ether oxygens (including phenoxy) is 1. The molecule has 2 amide bonds. The second-order valence-corrected chi connectivity index (χ2v) is 7.82. The summed E-state index contributed by atoms with van der Waals surface area (Å²) in [6, 6.07) is 7.79. The molecule has 2 saturated heterocycles. The molecule has 3 N–H and O–H groups in total. The van der Waals surface area contributed by atoms with Crippen LogP contribution in [0.5, 0.6) is 0 Å². The van der Waals surface area contributed by atoms with Crippen LogP contribution in [0.2, 0.25) is 0 Å². The Bertz CT molecular complexity index is 665. The molecule has 1 aromatic rings. The standard InChI is InChI=1S/C20H31N5O2/c1-15(2)23-19(26)24-17-6-4-16(5-7-17)12-22-18(21-3)25-10-8-20(13-25)9-11-27-14-20/h4-7,15H,8-14H2,1-3H3,(H,21,22)(H2,23,24,26). The number of aliphatic imine (C=N–C) groups is 1. The third kappa shape index (κ3) is 5.13. The Morgan fingerprint density at radius 2 is 2.07 bits per heavy atom. The number of nitrogens with zero attached hydrogens (tertiary/aromatic N) is 2. The molecular weight excluding hydrogens is 342 g/mol. The number of carbonyl (C=O) groups is 1. The van der Waals surface area contributed by atoms with Gasteiger partial charge >= 0.3 is 6.03 Å². The van der Waals surface area contributed by atoms with Gasteiger partial charge in [-0.3, -0.25) is 4.99 Å². The number of hydrogen-bond acceptors (Lipinski definition) is 3.